The molecule has 1 aliphatic rings. The van der Waals surface area contributed by atoms with E-state index < -0.39 is 15.9 Å². The first-order chi connectivity index (χ1) is 13.2. The number of aryl methyl sites for hydroxylation is 1. The molecule has 0 unspecified atom stereocenters. The maximum absolute atomic E-state index is 13.0. The van der Waals surface area contributed by atoms with Gasteiger partial charge in [0.15, 0.2) is 9.84 Å². The molecule has 1 saturated heterocycles. The maximum atomic E-state index is 13.0. The molecule has 2 atom stereocenters. The average Bonchev–Trinajstić information content (AvgIpc) is 3.16. The normalized spacial score (nSPS) is 19.4. The summed E-state index contributed by atoms with van der Waals surface area (Å²) in [5.74, 6) is 0.130. The summed E-state index contributed by atoms with van der Waals surface area (Å²) in [6.07, 6.45) is 0.513. The molecule has 1 aromatic carbocycles. The van der Waals surface area contributed by atoms with E-state index in [0.29, 0.717) is 13.0 Å². The van der Waals surface area contributed by atoms with E-state index in [1.54, 1.807) is 4.90 Å². The van der Waals surface area contributed by atoms with Crippen molar-refractivity contribution >= 4 is 21.4 Å². The number of sulfone groups is 1. The van der Waals surface area contributed by atoms with Crippen LogP contribution in [0.5, 0.6) is 0 Å². The zero-order valence-corrected chi connectivity index (χ0v) is 17.7. The number of likely N-dealkylation sites (N-methyl/N-ethyl adjacent to an activating group) is 1. The Balaban J connectivity index is 1.78. The smallest absolute Gasteiger partial charge is 0.245 e. The predicted molar refractivity (Wildman–Crippen MR) is 111 cm³/mol. The van der Waals surface area contributed by atoms with Crippen LogP contribution in [-0.2, 0) is 14.6 Å². The SMILES string of the molecule is CCN(C(=O)[C@H](C)Nc1c(C)nn(-c2ccccc2)c1C)[C@H]1CCS(=O)(=O)C1. The lowest BCUT2D eigenvalue weighted by Gasteiger charge is -2.30. The van der Waals surface area contributed by atoms with Gasteiger partial charge in [-0.3, -0.25) is 4.79 Å². The summed E-state index contributed by atoms with van der Waals surface area (Å²) in [5, 5.41) is 7.91. The molecule has 1 N–H and O–H groups in total. The van der Waals surface area contributed by atoms with E-state index in [2.05, 4.69) is 10.4 Å². The van der Waals surface area contributed by atoms with Crippen molar-refractivity contribution in [3.63, 3.8) is 0 Å². The van der Waals surface area contributed by atoms with E-state index >= 15 is 0 Å². The molecule has 0 radical (unpaired) electrons. The Morgan fingerprint density at radius 2 is 2.00 bits per heavy atom. The van der Waals surface area contributed by atoms with Crippen LogP contribution in [-0.4, -0.2) is 59.1 Å². The number of benzene rings is 1. The van der Waals surface area contributed by atoms with Gasteiger partial charge >= 0.3 is 0 Å². The predicted octanol–water partition coefficient (Wildman–Crippen LogP) is 2.33. The highest BCUT2D eigenvalue weighted by molar-refractivity contribution is 7.91. The van der Waals surface area contributed by atoms with E-state index in [4.69, 9.17) is 0 Å². The minimum absolute atomic E-state index is 0.0588. The maximum Gasteiger partial charge on any atom is 0.245 e. The molecular formula is C20H28N4O3S. The molecule has 0 bridgehead atoms. The summed E-state index contributed by atoms with van der Waals surface area (Å²) in [6, 6.07) is 9.13. The fraction of sp³-hybridized carbons (Fsp3) is 0.500. The minimum Gasteiger partial charge on any atom is -0.371 e. The number of amides is 1. The lowest BCUT2D eigenvalue weighted by Crippen LogP contribution is -2.47. The van der Waals surface area contributed by atoms with E-state index in [1.807, 2.05) is 62.7 Å². The number of anilines is 1. The Labute approximate surface area is 166 Å². The number of carbonyl (C=O) groups excluding carboxylic acids is 1. The summed E-state index contributed by atoms with van der Waals surface area (Å²) in [6.45, 7) is 8.07. The average molecular weight is 405 g/mol. The molecule has 2 heterocycles. The highest BCUT2D eigenvalue weighted by Crippen LogP contribution is 2.25. The van der Waals surface area contributed by atoms with Gasteiger partial charge in [-0.2, -0.15) is 5.10 Å². The van der Waals surface area contributed by atoms with E-state index in [0.717, 1.165) is 22.8 Å². The largest absolute Gasteiger partial charge is 0.371 e. The van der Waals surface area contributed by atoms with Gasteiger partial charge in [0.05, 0.1) is 34.3 Å². The molecule has 0 aliphatic carbocycles. The summed E-state index contributed by atoms with van der Waals surface area (Å²) in [5.41, 5.74) is 3.53. The number of aromatic nitrogens is 2. The van der Waals surface area contributed by atoms with Crippen LogP contribution in [0.25, 0.3) is 5.69 Å². The monoisotopic (exact) mass is 404 g/mol. The van der Waals surface area contributed by atoms with Crippen molar-refractivity contribution in [3.8, 4) is 5.69 Å². The molecule has 1 amide bonds. The molecule has 2 aromatic rings. The first kappa shape index (κ1) is 20.4. The van der Waals surface area contributed by atoms with Crippen LogP contribution < -0.4 is 5.32 Å². The summed E-state index contributed by atoms with van der Waals surface area (Å²) >= 11 is 0. The minimum atomic E-state index is -3.04. The van der Waals surface area contributed by atoms with E-state index in [-0.39, 0.29) is 23.5 Å². The Kier molecular flexibility index (Phi) is 5.79. The summed E-state index contributed by atoms with van der Waals surface area (Å²) in [4.78, 5) is 14.7. The number of rotatable bonds is 6. The number of nitrogens with zero attached hydrogens (tertiary/aromatic N) is 3. The van der Waals surface area contributed by atoms with Gasteiger partial charge in [-0.25, -0.2) is 13.1 Å². The molecular weight excluding hydrogens is 376 g/mol. The first-order valence-corrected chi connectivity index (χ1v) is 11.4. The molecule has 1 fully saturated rings. The van der Waals surface area contributed by atoms with Crippen LogP contribution in [0, 0.1) is 13.8 Å². The van der Waals surface area contributed by atoms with Gasteiger partial charge in [0.2, 0.25) is 5.91 Å². The van der Waals surface area contributed by atoms with Crippen LogP contribution in [0.15, 0.2) is 30.3 Å². The molecule has 1 aliphatic heterocycles. The first-order valence-electron chi connectivity index (χ1n) is 9.62. The van der Waals surface area contributed by atoms with Gasteiger partial charge in [0.1, 0.15) is 6.04 Å². The zero-order valence-electron chi connectivity index (χ0n) is 16.8. The molecule has 3 rings (SSSR count). The highest BCUT2D eigenvalue weighted by atomic mass is 32.2. The van der Waals surface area contributed by atoms with Crippen LogP contribution in [0.3, 0.4) is 0 Å². The lowest BCUT2D eigenvalue weighted by atomic mass is 10.1. The second-order valence-corrected chi connectivity index (χ2v) is 9.57. The van der Waals surface area contributed by atoms with Crippen molar-refractivity contribution in [1.29, 1.82) is 0 Å². The van der Waals surface area contributed by atoms with Gasteiger partial charge in [-0.05, 0) is 46.2 Å². The van der Waals surface area contributed by atoms with Crippen molar-refractivity contribution < 1.29 is 13.2 Å². The number of hydrogen-bond acceptors (Lipinski definition) is 5. The standard InChI is InChI=1S/C20H28N4O3S/c1-5-23(18-11-12-28(26,27)13-18)20(25)15(3)21-19-14(2)22-24(16(19)4)17-9-7-6-8-10-17/h6-10,15,18,21H,5,11-13H2,1-4H3/t15-,18-/m0/s1. The fourth-order valence-corrected chi connectivity index (χ4v) is 5.55. The van der Waals surface area contributed by atoms with Crippen molar-refractivity contribution in [3.05, 3.63) is 41.7 Å². The molecule has 28 heavy (non-hydrogen) atoms. The number of para-hydroxylation sites is 1. The summed E-state index contributed by atoms with van der Waals surface area (Å²) < 4.78 is 25.5. The van der Waals surface area contributed by atoms with Crippen LogP contribution in [0.1, 0.15) is 31.7 Å². The number of hydrogen-bond donors (Lipinski definition) is 1. The van der Waals surface area contributed by atoms with E-state index in [9.17, 15) is 13.2 Å². The van der Waals surface area contributed by atoms with Crippen molar-refractivity contribution in [2.75, 3.05) is 23.4 Å². The number of nitrogens with one attached hydrogen (secondary N) is 1. The Bertz CT molecular complexity index is 953. The van der Waals surface area contributed by atoms with Crippen molar-refractivity contribution in [2.24, 2.45) is 0 Å². The lowest BCUT2D eigenvalue weighted by molar-refractivity contribution is -0.133. The quantitative estimate of drug-likeness (QED) is 0.799. The van der Waals surface area contributed by atoms with Crippen LogP contribution in [0.4, 0.5) is 5.69 Å². The summed E-state index contributed by atoms with van der Waals surface area (Å²) in [7, 11) is -3.04. The highest BCUT2D eigenvalue weighted by Gasteiger charge is 2.35. The van der Waals surface area contributed by atoms with Gasteiger partial charge in [0.25, 0.3) is 0 Å². The Morgan fingerprint density at radius 3 is 2.57 bits per heavy atom. The van der Waals surface area contributed by atoms with Gasteiger partial charge in [-0.15, -0.1) is 0 Å². The van der Waals surface area contributed by atoms with Crippen molar-refractivity contribution in [2.45, 2.75) is 46.2 Å². The molecule has 0 spiro atoms. The number of carbonyl (C=O) groups is 1. The molecule has 7 nitrogen and oxygen atoms in total. The van der Waals surface area contributed by atoms with Crippen LogP contribution >= 0.6 is 0 Å². The second-order valence-electron chi connectivity index (χ2n) is 7.34. The van der Waals surface area contributed by atoms with E-state index in [1.165, 1.54) is 0 Å². The van der Waals surface area contributed by atoms with Gasteiger partial charge < -0.3 is 10.2 Å². The molecule has 1 aromatic heterocycles. The van der Waals surface area contributed by atoms with Gasteiger partial charge in [-0.1, -0.05) is 18.2 Å². The van der Waals surface area contributed by atoms with Gasteiger partial charge in [0, 0.05) is 12.6 Å². The molecule has 8 heteroatoms. The third-order valence-electron chi connectivity index (χ3n) is 5.30. The third-order valence-corrected chi connectivity index (χ3v) is 7.05. The topological polar surface area (TPSA) is 84.3 Å². The Morgan fingerprint density at radius 1 is 1.32 bits per heavy atom. The molecule has 0 saturated carbocycles. The third kappa shape index (κ3) is 4.06. The second kappa shape index (κ2) is 7.95. The molecule has 152 valence electrons. The van der Waals surface area contributed by atoms with Crippen molar-refractivity contribution in [1.82, 2.24) is 14.7 Å². The zero-order chi connectivity index (χ0) is 20.5. The Hall–Kier alpha value is -2.35. The van der Waals surface area contributed by atoms with Crippen LogP contribution in [0.2, 0.25) is 0 Å². The fourth-order valence-electron chi connectivity index (χ4n) is 3.81.